The quantitative estimate of drug-likeness (QED) is 0.791. The molecule has 2 aromatic heterocycles. The van der Waals surface area contributed by atoms with E-state index in [4.69, 9.17) is 9.63 Å². The third-order valence-electron chi connectivity index (χ3n) is 2.45. The van der Waals surface area contributed by atoms with Gasteiger partial charge in [-0.25, -0.2) is 4.98 Å². The van der Waals surface area contributed by atoms with Gasteiger partial charge in [-0.2, -0.15) is 4.98 Å². The van der Waals surface area contributed by atoms with Gasteiger partial charge in [0.2, 0.25) is 5.89 Å². The summed E-state index contributed by atoms with van der Waals surface area (Å²) in [5.41, 5.74) is 0.726. The largest absolute Gasteiger partial charge is 0.395 e. The molecule has 0 saturated heterocycles. The van der Waals surface area contributed by atoms with Crippen molar-refractivity contribution in [2.75, 3.05) is 6.61 Å². The fourth-order valence-corrected chi connectivity index (χ4v) is 1.55. The Hall–Kier alpha value is -2.72. The van der Waals surface area contributed by atoms with Gasteiger partial charge < -0.3 is 14.9 Å². The Morgan fingerprint density at radius 2 is 2.38 bits per heavy atom. The highest BCUT2D eigenvalue weighted by Gasteiger charge is 2.12. The second-order valence-electron chi connectivity index (χ2n) is 4.09. The molecule has 21 heavy (non-hydrogen) atoms. The highest BCUT2D eigenvalue weighted by Crippen LogP contribution is 2.04. The Morgan fingerprint density at radius 3 is 3.10 bits per heavy atom. The number of rotatable bonds is 4. The lowest BCUT2D eigenvalue weighted by molar-refractivity contribution is 0.0941. The Morgan fingerprint density at radius 1 is 1.52 bits per heavy atom. The number of aliphatic hydroxyl groups excluding tert-OH is 1. The molecule has 0 bridgehead atoms. The van der Waals surface area contributed by atoms with Crippen LogP contribution in [0.5, 0.6) is 0 Å². The second kappa shape index (κ2) is 7.17. The molecule has 7 heteroatoms. The van der Waals surface area contributed by atoms with E-state index >= 15 is 0 Å². The number of aliphatic hydroxyl groups is 1. The van der Waals surface area contributed by atoms with Gasteiger partial charge in [0.25, 0.3) is 5.91 Å². The van der Waals surface area contributed by atoms with Gasteiger partial charge in [0, 0.05) is 12.6 Å². The van der Waals surface area contributed by atoms with Crippen molar-refractivity contribution in [1.29, 1.82) is 0 Å². The topological polar surface area (TPSA) is 101 Å². The molecule has 2 N–H and O–H groups in total. The number of pyridine rings is 1. The van der Waals surface area contributed by atoms with Crippen molar-refractivity contribution in [1.82, 2.24) is 20.4 Å². The first-order valence-corrected chi connectivity index (χ1v) is 6.33. The van der Waals surface area contributed by atoms with Crippen LogP contribution in [0.15, 0.2) is 22.9 Å². The summed E-state index contributed by atoms with van der Waals surface area (Å²) < 4.78 is 4.91. The molecule has 2 aromatic rings. The van der Waals surface area contributed by atoms with Gasteiger partial charge in [-0.15, -0.1) is 0 Å². The van der Waals surface area contributed by atoms with Crippen molar-refractivity contribution in [2.24, 2.45) is 0 Å². The van der Waals surface area contributed by atoms with Crippen LogP contribution in [0.1, 0.15) is 34.2 Å². The number of nitrogens with zero attached hydrogens (tertiary/aromatic N) is 3. The molecule has 2 heterocycles. The van der Waals surface area contributed by atoms with Gasteiger partial charge in [0.15, 0.2) is 5.82 Å². The van der Waals surface area contributed by atoms with Crippen LogP contribution in [0.25, 0.3) is 0 Å². The minimum Gasteiger partial charge on any atom is -0.395 e. The molecule has 0 aromatic carbocycles. The highest BCUT2D eigenvalue weighted by atomic mass is 16.5. The van der Waals surface area contributed by atoms with Crippen LogP contribution in [-0.2, 0) is 6.54 Å². The van der Waals surface area contributed by atoms with Crippen LogP contribution in [-0.4, -0.2) is 32.7 Å². The number of nitrogens with one attached hydrogen (secondary N) is 1. The first kappa shape index (κ1) is 14.7. The Labute approximate surface area is 121 Å². The maximum atomic E-state index is 12.1. The van der Waals surface area contributed by atoms with Crippen LogP contribution >= 0.6 is 0 Å². The summed E-state index contributed by atoms with van der Waals surface area (Å²) in [5.74, 6) is 6.03. The Kier molecular flexibility index (Phi) is 5.01. The average molecular weight is 286 g/mol. The van der Waals surface area contributed by atoms with Gasteiger partial charge in [0.1, 0.15) is 5.69 Å². The summed E-state index contributed by atoms with van der Waals surface area (Å²) >= 11 is 0. The number of aromatic nitrogens is 3. The first-order chi connectivity index (χ1) is 10.2. The number of carbonyl (C=O) groups excluding carboxylic acids is 1. The van der Waals surface area contributed by atoms with Crippen molar-refractivity contribution in [2.45, 2.75) is 19.9 Å². The average Bonchev–Trinajstić information content (AvgIpc) is 2.91. The summed E-state index contributed by atoms with van der Waals surface area (Å²) in [6.45, 7) is 1.80. The molecule has 0 aliphatic rings. The van der Waals surface area contributed by atoms with E-state index in [1.807, 2.05) is 0 Å². The molecular formula is C14H14N4O3. The molecule has 2 rings (SSSR count). The van der Waals surface area contributed by atoms with E-state index in [9.17, 15) is 4.79 Å². The first-order valence-electron chi connectivity index (χ1n) is 6.33. The zero-order valence-corrected chi connectivity index (χ0v) is 11.5. The summed E-state index contributed by atoms with van der Waals surface area (Å²) in [7, 11) is 0. The normalized spacial score (nSPS) is 9.81. The molecule has 0 unspecified atom stereocenters. The molecule has 7 nitrogen and oxygen atoms in total. The van der Waals surface area contributed by atoms with E-state index in [0.717, 1.165) is 0 Å². The van der Waals surface area contributed by atoms with Gasteiger partial charge in [-0.1, -0.05) is 17.0 Å². The zero-order valence-electron chi connectivity index (χ0n) is 11.5. The minimum atomic E-state index is -0.375. The van der Waals surface area contributed by atoms with Crippen molar-refractivity contribution in [3.63, 3.8) is 0 Å². The van der Waals surface area contributed by atoms with Crippen LogP contribution in [0.2, 0.25) is 0 Å². The van der Waals surface area contributed by atoms with E-state index in [1.165, 1.54) is 6.20 Å². The monoisotopic (exact) mass is 286 g/mol. The zero-order chi connectivity index (χ0) is 15.1. The SMILES string of the molecule is Cc1noc(CNC(=O)c2ncccc2C#CCCO)n1. The van der Waals surface area contributed by atoms with E-state index in [1.54, 1.807) is 19.1 Å². The summed E-state index contributed by atoms with van der Waals surface area (Å²) in [6, 6.07) is 3.39. The Balaban J connectivity index is 2.07. The van der Waals surface area contributed by atoms with Gasteiger partial charge in [0.05, 0.1) is 18.7 Å². The lowest BCUT2D eigenvalue weighted by Crippen LogP contribution is -2.25. The van der Waals surface area contributed by atoms with Crippen molar-refractivity contribution >= 4 is 5.91 Å². The Bertz CT molecular complexity index is 685. The molecule has 0 atom stereocenters. The second-order valence-corrected chi connectivity index (χ2v) is 4.09. The predicted octanol–water partition coefficient (Wildman–Crippen LogP) is 0.437. The van der Waals surface area contributed by atoms with E-state index < -0.39 is 0 Å². The number of amides is 1. The standard InChI is InChI=1S/C14H14N4O3/c1-10-17-12(21-18-10)9-16-14(20)13-11(5-2-3-8-19)6-4-7-15-13/h4,6-7,19H,3,8-9H2,1H3,(H,16,20). The summed E-state index contributed by atoms with van der Waals surface area (Å²) in [4.78, 5) is 20.1. The van der Waals surface area contributed by atoms with Crippen LogP contribution in [0, 0.1) is 18.8 Å². The molecule has 0 saturated carbocycles. The molecule has 0 radical (unpaired) electrons. The number of carbonyl (C=O) groups is 1. The smallest absolute Gasteiger partial charge is 0.271 e. The maximum Gasteiger partial charge on any atom is 0.271 e. The molecular weight excluding hydrogens is 272 g/mol. The summed E-state index contributed by atoms with van der Waals surface area (Å²) in [5, 5.41) is 15.0. The van der Waals surface area contributed by atoms with Crippen molar-refractivity contribution in [3.8, 4) is 11.8 Å². The van der Waals surface area contributed by atoms with Gasteiger partial charge in [-0.05, 0) is 19.1 Å². The van der Waals surface area contributed by atoms with Crippen molar-refractivity contribution in [3.05, 3.63) is 41.3 Å². The molecule has 1 amide bonds. The predicted molar refractivity (Wildman–Crippen MR) is 73.0 cm³/mol. The molecule has 0 spiro atoms. The van der Waals surface area contributed by atoms with Crippen LogP contribution in [0.4, 0.5) is 0 Å². The lowest BCUT2D eigenvalue weighted by Gasteiger charge is -2.03. The van der Waals surface area contributed by atoms with E-state index in [2.05, 4.69) is 32.3 Å². The molecule has 0 aliphatic carbocycles. The number of hydrogen-bond acceptors (Lipinski definition) is 6. The third-order valence-corrected chi connectivity index (χ3v) is 2.45. The number of hydrogen-bond donors (Lipinski definition) is 2. The van der Waals surface area contributed by atoms with Gasteiger partial charge in [-0.3, -0.25) is 4.79 Å². The van der Waals surface area contributed by atoms with Gasteiger partial charge >= 0.3 is 0 Å². The third kappa shape index (κ3) is 4.12. The van der Waals surface area contributed by atoms with Crippen LogP contribution in [0.3, 0.4) is 0 Å². The minimum absolute atomic E-state index is 0.0225. The lowest BCUT2D eigenvalue weighted by atomic mass is 10.2. The van der Waals surface area contributed by atoms with E-state index in [-0.39, 0.29) is 24.8 Å². The molecule has 0 aliphatic heterocycles. The number of aryl methyl sites for hydroxylation is 1. The fraction of sp³-hybridized carbons (Fsp3) is 0.286. The van der Waals surface area contributed by atoms with Crippen LogP contribution < -0.4 is 5.32 Å². The molecule has 108 valence electrons. The highest BCUT2D eigenvalue weighted by molar-refractivity contribution is 5.94. The van der Waals surface area contributed by atoms with Crippen molar-refractivity contribution < 1.29 is 14.4 Å². The maximum absolute atomic E-state index is 12.1. The fourth-order valence-electron chi connectivity index (χ4n) is 1.55. The van der Waals surface area contributed by atoms with E-state index in [0.29, 0.717) is 23.7 Å². The molecule has 0 fully saturated rings. The summed E-state index contributed by atoms with van der Waals surface area (Å²) in [6.07, 6.45) is 1.86.